The first-order valence-corrected chi connectivity index (χ1v) is 7.77. The quantitative estimate of drug-likeness (QED) is 0.923. The van der Waals surface area contributed by atoms with E-state index in [9.17, 15) is 0 Å². The molecule has 1 aromatic heterocycles. The normalized spacial score (nSPS) is 21.5. The largest absolute Gasteiger partial charge is 0.497 e. The summed E-state index contributed by atoms with van der Waals surface area (Å²) in [7, 11) is 3.21. The molecule has 0 aliphatic carbocycles. The van der Waals surface area contributed by atoms with Gasteiger partial charge in [0.1, 0.15) is 11.5 Å². The van der Waals surface area contributed by atoms with E-state index in [1.807, 2.05) is 23.9 Å². The van der Waals surface area contributed by atoms with Gasteiger partial charge in [0.15, 0.2) is 0 Å². The predicted molar refractivity (Wildman–Crippen MR) is 80.9 cm³/mol. The van der Waals surface area contributed by atoms with Crippen LogP contribution in [0.25, 0.3) is 11.4 Å². The number of methoxy groups -OCH3 is 2. The number of nitrogens with zero attached hydrogens (tertiary/aromatic N) is 2. The van der Waals surface area contributed by atoms with Gasteiger partial charge in [-0.1, -0.05) is 5.16 Å². The lowest BCUT2D eigenvalue weighted by atomic mass is 10.1. The second-order valence-corrected chi connectivity index (χ2v) is 5.94. The lowest BCUT2D eigenvalue weighted by Gasteiger charge is -2.08. The van der Waals surface area contributed by atoms with Crippen molar-refractivity contribution in [2.75, 3.05) is 25.7 Å². The van der Waals surface area contributed by atoms with Gasteiger partial charge in [-0.25, -0.2) is 0 Å². The Labute approximate surface area is 127 Å². The zero-order chi connectivity index (χ0) is 14.8. The van der Waals surface area contributed by atoms with Crippen molar-refractivity contribution in [2.45, 2.75) is 12.0 Å². The zero-order valence-corrected chi connectivity index (χ0v) is 12.7. The third kappa shape index (κ3) is 2.84. The zero-order valence-electron chi connectivity index (χ0n) is 11.9. The fourth-order valence-electron chi connectivity index (χ4n) is 2.26. The van der Waals surface area contributed by atoms with Gasteiger partial charge in [0.2, 0.25) is 11.7 Å². The van der Waals surface area contributed by atoms with E-state index < -0.39 is 0 Å². The summed E-state index contributed by atoms with van der Waals surface area (Å²) in [5.41, 5.74) is 6.85. The van der Waals surface area contributed by atoms with Gasteiger partial charge >= 0.3 is 0 Å². The second-order valence-electron chi connectivity index (χ2n) is 4.87. The summed E-state index contributed by atoms with van der Waals surface area (Å²) in [6.45, 7) is 0. The molecule has 0 radical (unpaired) electrons. The molecule has 0 saturated carbocycles. The maximum absolute atomic E-state index is 6.06. The van der Waals surface area contributed by atoms with Gasteiger partial charge in [0, 0.05) is 29.2 Å². The third-order valence-electron chi connectivity index (χ3n) is 3.49. The van der Waals surface area contributed by atoms with E-state index in [0.717, 1.165) is 17.1 Å². The SMILES string of the molecule is COc1cc(OC)cc(-c2noc(C3CSCC3N)n2)c1. The first kappa shape index (κ1) is 14.2. The highest BCUT2D eigenvalue weighted by Crippen LogP contribution is 2.33. The van der Waals surface area contributed by atoms with Crippen molar-refractivity contribution in [3.8, 4) is 22.9 Å². The monoisotopic (exact) mass is 307 g/mol. The molecule has 2 N–H and O–H groups in total. The average molecular weight is 307 g/mol. The number of thioether (sulfide) groups is 1. The van der Waals surface area contributed by atoms with E-state index >= 15 is 0 Å². The molecule has 2 aromatic rings. The molecule has 1 aliphatic heterocycles. The van der Waals surface area contributed by atoms with Crippen LogP contribution in [0.4, 0.5) is 0 Å². The molecule has 2 unspecified atom stereocenters. The van der Waals surface area contributed by atoms with Crippen molar-refractivity contribution in [3.05, 3.63) is 24.1 Å². The molecule has 0 bridgehead atoms. The maximum Gasteiger partial charge on any atom is 0.232 e. The molecule has 1 aromatic carbocycles. The van der Waals surface area contributed by atoms with Crippen LogP contribution >= 0.6 is 11.8 Å². The Morgan fingerprint density at radius 2 is 1.90 bits per heavy atom. The van der Waals surface area contributed by atoms with Crippen LogP contribution < -0.4 is 15.2 Å². The molecule has 3 rings (SSSR count). The molecule has 1 aliphatic rings. The van der Waals surface area contributed by atoms with E-state index in [-0.39, 0.29) is 12.0 Å². The molecule has 2 atom stereocenters. The van der Waals surface area contributed by atoms with Gasteiger partial charge in [-0.2, -0.15) is 16.7 Å². The van der Waals surface area contributed by atoms with Gasteiger partial charge in [-0.05, 0) is 12.1 Å². The Kier molecular flexibility index (Phi) is 4.03. The van der Waals surface area contributed by atoms with Crippen molar-refractivity contribution in [1.82, 2.24) is 10.1 Å². The minimum atomic E-state index is 0.0724. The summed E-state index contributed by atoms with van der Waals surface area (Å²) in [5.74, 6) is 4.46. The van der Waals surface area contributed by atoms with E-state index in [1.54, 1.807) is 20.3 Å². The standard InChI is InChI=1S/C14H17N3O3S/c1-18-9-3-8(4-10(5-9)19-2)13-16-14(20-17-13)11-6-21-7-12(11)15/h3-5,11-12H,6-7,15H2,1-2H3. The molecule has 7 heteroatoms. The maximum atomic E-state index is 6.06. The summed E-state index contributed by atoms with van der Waals surface area (Å²) in [6, 6.07) is 5.57. The van der Waals surface area contributed by atoms with Gasteiger partial charge in [-0.3, -0.25) is 0 Å². The lowest BCUT2D eigenvalue weighted by Crippen LogP contribution is -2.26. The first-order valence-electron chi connectivity index (χ1n) is 6.61. The summed E-state index contributed by atoms with van der Waals surface area (Å²) >= 11 is 1.81. The van der Waals surface area contributed by atoms with Crippen LogP contribution in [-0.4, -0.2) is 41.9 Å². The highest BCUT2D eigenvalue weighted by atomic mass is 32.2. The molecule has 2 heterocycles. The lowest BCUT2D eigenvalue weighted by molar-refractivity contribution is 0.352. The number of aromatic nitrogens is 2. The number of ether oxygens (including phenoxy) is 2. The summed E-state index contributed by atoms with van der Waals surface area (Å²) in [5, 5.41) is 4.05. The number of rotatable bonds is 4. The number of benzene rings is 1. The summed E-state index contributed by atoms with van der Waals surface area (Å²) < 4.78 is 15.9. The van der Waals surface area contributed by atoms with Crippen LogP contribution in [0, 0.1) is 0 Å². The number of hydrogen-bond donors (Lipinski definition) is 1. The molecule has 21 heavy (non-hydrogen) atoms. The van der Waals surface area contributed by atoms with Crippen molar-refractivity contribution in [2.24, 2.45) is 5.73 Å². The Morgan fingerprint density at radius 3 is 2.48 bits per heavy atom. The van der Waals surface area contributed by atoms with E-state index in [4.69, 9.17) is 19.7 Å². The molecule has 112 valence electrons. The predicted octanol–water partition coefficient (Wildman–Crippen LogP) is 1.91. The summed E-state index contributed by atoms with van der Waals surface area (Å²) in [4.78, 5) is 4.48. The minimum Gasteiger partial charge on any atom is -0.497 e. The Bertz CT molecular complexity index is 609. The van der Waals surface area contributed by atoms with Gasteiger partial charge in [-0.15, -0.1) is 0 Å². The third-order valence-corrected chi connectivity index (χ3v) is 4.71. The molecular weight excluding hydrogens is 290 g/mol. The minimum absolute atomic E-state index is 0.0724. The van der Waals surface area contributed by atoms with Crippen LogP contribution in [-0.2, 0) is 0 Å². The van der Waals surface area contributed by atoms with Gasteiger partial charge in [0.05, 0.1) is 20.1 Å². The van der Waals surface area contributed by atoms with Crippen LogP contribution in [0.2, 0.25) is 0 Å². The van der Waals surface area contributed by atoms with E-state index in [0.29, 0.717) is 23.2 Å². The second kappa shape index (κ2) is 5.95. The summed E-state index contributed by atoms with van der Waals surface area (Å²) in [6.07, 6.45) is 0. The Morgan fingerprint density at radius 1 is 1.19 bits per heavy atom. The van der Waals surface area contributed by atoms with Crippen molar-refractivity contribution in [3.63, 3.8) is 0 Å². The highest BCUT2D eigenvalue weighted by Gasteiger charge is 2.31. The van der Waals surface area contributed by atoms with Crippen molar-refractivity contribution in [1.29, 1.82) is 0 Å². The molecule has 0 spiro atoms. The van der Waals surface area contributed by atoms with Crippen LogP contribution in [0.3, 0.4) is 0 Å². The molecule has 6 nitrogen and oxygen atoms in total. The topological polar surface area (TPSA) is 83.4 Å². The molecular formula is C14H17N3O3S. The van der Waals surface area contributed by atoms with Crippen LogP contribution in [0.15, 0.2) is 22.7 Å². The van der Waals surface area contributed by atoms with Gasteiger partial charge in [0.25, 0.3) is 0 Å². The molecule has 1 fully saturated rings. The highest BCUT2D eigenvalue weighted by molar-refractivity contribution is 7.99. The van der Waals surface area contributed by atoms with Crippen LogP contribution in [0.5, 0.6) is 11.5 Å². The fourth-order valence-corrected chi connectivity index (χ4v) is 3.55. The molecule has 0 amide bonds. The fraction of sp³-hybridized carbons (Fsp3) is 0.429. The van der Waals surface area contributed by atoms with Gasteiger partial charge < -0.3 is 19.7 Å². The first-order chi connectivity index (χ1) is 10.2. The number of nitrogens with two attached hydrogens (primary N) is 1. The Hall–Kier alpha value is -1.73. The van der Waals surface area contributed by atoms with Crippen molar-refractivity contribution >= 4 is 11.8 Å². The van der Waals surface area contributed by atoms with Crippen molar-refractivity contribution < 1.29 is 14.0 Å². The number of hydrogen-bond acceptors (Lipinski definition) is 7. The van der Waals surface area contributed by atoms with E-state index in [1.165, 1.54) is 0 Å². The average Bonchev–Trinajstić information content (AvgIpc) is 3.15. The molecule has 1 saturated heterocycles. The smallest absolute Gasteiger partial charge is 0.232 e. The Balaban J connectivity index is 1.92. The van der Waals surface area contributed by atoms with Crippen LogP contribution in [0.1, 0.15) is 11.8 Å². The van der Waals surface area contributed by atoms with E-state index in [2.05, 4.69) is 10.1 Å².